The molecule has 0 bridgehead atoms. The Labute approximate surface area is 248 Å². The van der Waals surface area contributed by atoms with Gasteiger partial charge in [-0.1, -0.05) is 31.1 Å². The first kappa shape index (κ1) is 30.0. The number of phenols is 2. The molecule has 2 saturated carbocycles. The second-order valence-corrected chi connectivity index (χ2v) is 12.6. The molecule has 7 heteroatoms. The van der Waals surface area contributed by atoms with Crippen LogP contribution in [0.25, 0.3) is 6.08 Å². The first-order valence-electron chi connectivity index (χ1n) is 15.3. The van der Waals surface area contributed by atoms with Gasteiger partial charge in [0, 0.05) is 19.8 Å². The van der Waals surface area contributed by atoms with Crippen LogP contribution in [0.4, 0.5) is 0 Å². The molecule has 0 amide bonds. The van der Waals surface area contributed by atoms with Gasteiger partial charge in [-0.25, -0.2) is 0 Å². The number of fused-ring (bicyclic) bond motifs is 2. The van der Waals surface area contributed by atoms with E-state index < -0.39 is 12.1 Å². The van der Waals surface area contributed by atoms with Crippen LogP contribution in [0.15, 0.2) is 36.4 Å². The van der Waals surface area contributed by atoms with E-state index in [9.17, 15) is 19.8 Å². The first-order valence-corrected chi connectivity index (χ1v) is 15.3. The van der Waals surface area contributed by atoms with Crippen LogP contribution in [-0.2, 0) is 20.7 Å². The average molecular weight is 577 g/mol. The molecule has 3 aliphatic carbocycles. The van der Waals surface area contributed by atoms with Crippen molar-refractivity contribution in [2.24, 2.45) is 17.3 Å². The van der Waals surface area contributed by atoms with Crippen LogP contribution in [-0.4, -0.2) is 42.3 Å². The zero-order valence-corrected chi connectivity index (χ0v) is 25.1. The fourth-order valence-corrected chi connectivity index (χ4v) is 7.90. The Morgan fingerprint density at radius 3 is 2.45 bits per heavy atom. The summed E-state index contributed by atoms with van der Waals surface area (Å²) >= 11 is 0. The Hall–Kier alpha value is -3.48. The molecule has 0 heterocycles. The number of allylic oxidation sites excluding steroid dienone is 1. The number of esters is 1. The van der Waals surface area contributed by atoms with E-state index in [4.69, 9.17) is 14.2 Å². The van der Waals surface area contributed by atoms with E-state index in [-0.39, 0.29) is 29.6 Å². The minimum Gasteiger partial charge on any atom is -0.504 e. The van der Waals surface area contributed by atoms with Gasteiger partial charge in [0.15, 0.2) is 23.0 Å². The van der Waals surface area contributed by atoms with E-state index in [0.29, 0.717) is 48.0 Å². The normalized spacial score (nSPS) is 23.0. The van der Waals surface area contributed by atoms with Gasteiger partial charge < -0.3 is 24.4 Å². The summed E-state index contributed by atoms with van der Waals surface area (Å²) in [6, 6.07) is 8.83. The third-order valence-electron chi connectivity index (χ3n) is 9.95. The van der Waals surface area contributed by atoms with Gasteiger partial charge in [0.2, 0.25) is 0 Å². The summed E-state index contributed by atoms with van der Waals surface area (Å²) < 4.78 is 16.3. The highest BCUT2D eigenvalue weighted by molar-refractivity contribution is 5.81. The predicted octanol–water partition coefficient (Wildman–Crippen LogP) is 7.12. The van der Waals surface area contributed by atoms with E-state index in [1.165, 1.54) is 46.1 Å². The van der Waals surface area contributed by atoms with Crippen molar-refractivity contribution in [3.8, 4) is 23.0 Å². The minimum atomic E-state index is -0.545. The van der Waals surface area contributed by atoms with Crippen molar-refractivity contribution in [2.45, 2.75) is 89.6 Å². The molecule has 4 unspecified atom stereocenters. The quantitative estimate of drug-likeness (QED) is 0.291. The lowest BCUT2D eigenvalue weighted by atomic mass is 9.60. The van der Waals surface area contributed by atoms with Crippen molar-refractivity contribution >= 4 is 17.8 Å². The van der Waals surface area contributed by atoms with Gasteiger partial charge in [0.05, 0.1) is 14.2 Å². The molecule has 3 aliphatic rings. The van der Waals surface area contributed by atoms with Crippen molar-refractivity contribution in [3.05, 3.63) is 53.1 Å². The minimum absolute atomic E-state index is 0.0138. The summed E-state index contributed by atoms with van der Waals surface area (Å²) in [6.45, 7) is 1.37. The van der Waals surface area contributed by atoms with Crippen LogP contribution in [0.3, 0.4) is 0 Å². The molecule has 0 saturated heterocycles. The van der Waals surface area contributed by atoms with Gasteiger partial charge in [-0.05, 0) is 109 Å². The summed E-state index contributed by atoms with van der Waals surface area (Å²) in [5.74, 6) is 1.32. The summed E-state index contributed by atoms with van der Waals surface area (Å²) in [5, 5.41) is 20.5. The maximum absolute atomic E-state index is 13.8. The number of carbonyl (C=O) groups excluding carboxylic acids is 2. The molecule has 42 heavy (non-hydrogen) atoms. The number of hydrogen-bond donors (Lipinski definition) is 2. The number of carbonyl (C=O) groups is 2. The van der Waals surface area contributed by atoms with Crippen LogP contribution in [0.1, 0.15) is 93.7 Å². The Morgan fingerprint density at radius 2 is 1.74 bits per heavy atom. The van der Waals surface area contributed by atoms with Gasteiger partial charge in [-0.15, -0.1) is 0 Å². The van der Waals surface area contributed by atoms with E-state index in [2.05, 4.69) is 12.2 Å². The average Bonchev–Trinajstić information content (AvgIpc) is 3.36. The third-order valence-corrected chi connectivity index (χ3v) is 9.95. The first-order chi connectivity index (χ1) is 20.2. The van der Waals surface area contributed by atoms with Gasteiger partial charge in [0.25, 0.3) is 0 Å². The lowest BCUT2D eigenvalue weighted by Crippen LogP contribution is -2.34. The fraction of sp³-hybridized carbons (Fsp3) is 0.543. The molecule has 0 radical (unpaired) electrons. The number of ketones is 1. The van der Waals surface area contributed by atoms with Crippen LogP contribution in [0, 0.1) is 17.3 Å². The SMILES string of the molecule is COc1cc(CCC(CC(=O)CC2c3cc(OC)c(O)cc3C=CC3CC4(CCCC4)CCC32)OC(C)=O)ccc1O. The van der Waals surface area contributed by atoms with E-state index in [1.54, 1.807) is 25.3 Å². The van der Waals surface area contributed by atoms with Gasteiger partial charge in [0.1, 0.15) is 11.9 Å². The number of Topliss-reactive ketones (excluding diaryl/α,β-unsaturated/α-hetero) is 1. The summed E-state index contributed by atoms with van der Waals surface area (Å²) in [7, 11) is 3.05. The van der Waals surface area contributed by atoms with Crippen molar-refractivity contribution in [2.75, 3.05) is 14.2 Å². The summed E-state index contributed by atoms with van der Waals surface area (Å²) in [6.07, 6.45) is 14.1. The Balaban J connectivity index is 1.36. The molecule has 226 valence electrons. The number of aryl methyl sites for hydroxylation is 1. The molecule has 4 atom stereocenters. The standard InChI is InChI=1S/C35H44O7/c1-22(36)42-27(10-6-23-7-11-31(38)33(16-23)40-2)18-26(37)19-30-28-12-15-35(13-4-5-14-35)21-25(28)9-8-24-17-32(39)34(41-3)20-29(24)30/h7-9,11,16-17,20,25,27-28,30,38-39H,4-6,10,12-15,18-19,21H2,1-3H3. The highest BCUT2D eigenvalue weighted by atomic mass is 16.5. The number of ether oxygens (including phenoxy) is 3. The topological polar surface area (TPSA) is 102 Å². The monoisotopic (exact) mass is 576 g/mol. The number of methoxy groups -OCH3 is 2. The predicted molar refractivity (Wildman–Crippen MR) is 161 cm³/mol. The molecule has 2 fully saturated rings. The van der Waals surface area contributed by atoms with E-state index in [1.807, 2.05) is 12.1 Å². The second kappa shape index (κ2) is 12.8. The number of benzene rings is 2. The molecule has 7 nitrogen and oxygen atoms in total. The molecule has 0 aromatic heterocycles. The van der Waals surface area contributed by atoms with Crippen molar-refractivity contribution in [3.63, 3.8) is 0 Å². The maximum atomic E-state index is 13.8. The maximum Gasteiger partial charge on any atom is 0.302 e. The number of phenolic OH excluding ortho intramolecular Hbond substituents is 2. The van der Waals surface area contributed by atoms with Crippen molar-refractivity contribution < 1.29 is 34.0 Å². The van der Waals surface area contributed by atoms with Gasteiger partial charge in [-0.2, -0.15) is 0 Å². The van der Waals surface area contributed by atoms with E-state index >= 15 is 0 Å². The second-order valence-electron chi connectivity index (χ2n) is 12.6. The Bertz CT molecular complexity index is 1320. The Kier molecular flexibility index (Phi) is 9.14. The number of aromatic hydroxyl groups is 2. The highest BCUT2D eigenvalue weighted by Gasteiger charge is 2.45. The van der Waals surface area contributed by atoms with Crippen LogP contribution in [0.2, 0.25) is 0 Å². The zero-order valence-electron chi connectivity index (χ0n) is 25.1. The molecular weight excluding hydrogens is 532 g/mol. The van der Waals surface area contributed by atoms with Crippen molar-refractivity contribution in [1.29, 1.82) is 0 Å². The molecule has 0 aliphatic heterocycles. The lowest BCUT2D eigenvalue weighted by Gasteiger charge is -2.44. The van der Waals surface area contributed by atoms with Crippen LogP contribution >= 0.6 is 0 Å². The molecule has 2 N–H and O–H groups in total. The number of rotatable bonds is 10. The molecule has 2 aromatic rings. The fourth-order valence-electron chi connectivity index (χ4n) is 7.90. The molecule has 5 rings (SSSR count). The van der Waals surface area contributed by atoms with Crippen molar-refractivity contribution in [1.82, 2.24) is 0 Å². The summed E-state index contributed by atoms with van der Waals surface area (Å²) in [5.41, 5.74) is 3.34. The van der Waals surface area contributed by atoms with Gasteiger partial charge >= 0.3 is 5.97 Å². The molecule has 2 aromatic carbocycles. The van der Waals surface area contributed by atoms with Crippen LogP contribution < -0.4 is 9.47 Å². The third kappa shape index (κ3) is 6.61. The van der Waals surface area contributed by atoms with E-state index in [0.717, 1.165) is 29.5 Å². The Morgan fingerprint density at radius 1 is 1.00 bits per heavy atom. The zero-order chi connectivity index (χ0) is 29.9. The van der Waals surface area contributed by atoms with Crippen LogP contribution in [0.5, 0.6) is 23.0 Å². The molecule has 1 spiro atoms. The van der Waals surface area contributed by atoms with Gasteiger partial charge in [-0.3, -0.25) is 9.59 Å². The number of hydrogen-bond acceptors (Lipinski definition) is 7. The highest BCUT2D eigenvalue weighted by Crippen LogP contribution is 2.57. The smallest absolute Gasteiger partial charge is 0.302 e. The lowest BCUT2D eigenvalue weighted by molar-refractivity contribution is -0.147. The molecular formula is C35H44O7. The summed E-state index contributed by atoms with van der Waals surface area (Å²) in [4.78, 5) is 25.8. The largest absolute Gasteiger partial charge is 0.504 e.